The fraction of sp³-hybridized carbons (Fsp3) is 0.409. The standard InChI is InChI=1S/C22H27NO2/c1-18(20-11-6-3-7-12-20)15-22(24)23-14-8-13-21(23)17-25-16-19-9-4-2-5-10-19/h2-7,9-12,18,21H,8,13-17H2,1H3/t18-,21+/m1/s1. The van der Waals surface area contributed by atoms with E-state index in [1.807, 2.05) is 41.3 Å². The van der Waals surface area contributed by atoms with Crippen LogP contribution in [-0.4, -0.2) is 30.0 Å². The molecule has 1 heterocycles. The molecule has 2 aromatic rings. The minimum Gasteiger partial charge on any atom is -0.375 e. The zero-order valence-corrected chi connectivity index (χ0v) is 14.9. The number of likely N-dealkylation sites (tertiary alicyclic amines) is 1. The third-order valence-electron chi connectivity index (χ3n) is 4.97. The Bertz CT molecular complexity index is 656. The molecule has 25 heavy (non-hydrogen) atoms. The van der Waals surface area contributed by atoms with Crippen LogP contribution in [0.1, 0.15) is 43.2 Å². The molecule has 1 saturated heterocycles. The molecular formula is C22H27NO2. The third kappa shape index (κ3) is 4.93. The average Bonchev–Trinajstić information content (AvgIpc) is 3.12. The molecular weight excluding hydrogens is 310 g/mol. The average molecular weight is 337 g/mol. The highest BCUT2D eigenvalue weighted by atomic mass is 16.5. The molecule has 0 saturated carbocycles. The summed E-state index contributed by atoms with van der Waals surface area (Å²) in [5.41, 5.74) is 2.41. The van der Waals surface area contributed by atoms with Gasteiger partial charge in [-0.25, -0.2) is 0 Å². The maximum Gasteiger partial charge on any atom is 0.223 e. The summed E-state index contributed by atoms with van der Waals surface area (Å²) >= 11 is 0. The number of hydrogen-bond donors (Lipinski definition) is 0. The second-order valence-corrected chi connectivity index (χ2v) is 6.90. The molecule has 132 valence electrons. The molecule has 0 N–H and O–H groups in total. The third-order valence-corrected chi connectivity index (χ3v) is 4.97. The Morgan fingerprint density at radius 2 is 1.80 bits per heavy atom. The van der Waals surface area contributed by atoms with Crippen LogP contribution in [0.25, 0.3) is 0 Å². The first kappa shape index (κ1) is 17.7. The van der Waals surface area contributed by atoms with Crippen molar-refractivity contribution in [3.05, 3.63) is 71.8 Å². The van der Waals surface area contributed by atoms with E-state index < -0.39 is 0 Å². The van der Waals surface area contributed by atoms with Crippen molar-refractivity contribution >= 4 is 5.91 Å². The van der Waals surface area contributed by atoms with Crippen LogP contribution in [-0.2, 0) is 16.1 Å². The molecule has 3 nitrogen and oxygen atoms in total. The van der Waals surface area contributed by atoms with Crippen molar-refractivity contribution in [3.8, 4) is 0 Å². The molecule has 1 amide bonds. The molecule has 3 rings (SSSR count). The van der Waals surface area contributed by atoms with E-state index >= 15 is 0 Å². The van der Waals surface area contributed by atoms with Crippen LogP contribution in [0.2, 0.25) is 0 Å². The molecule has 0 unspecified atom stereocenters. The molecule has 1 fully saturated rings. The van der Waals surface area contributed by atoms with Crippen molar-refractivity contribution in [2.24, 2.45) is 0 Å². The topological polar surface area (TPSA) is 29.5 Å². The van der Waals surface area contributed by atoms with Crippen LogP contribution < -0.4 is 0 Å². The summed E-state index contributed by atoms with van der Waals surface area (Å²) in [6, 6.07) is 20.7. The van der Waals surface area contributed by atoms with E-state index in [9.17, 15) is 4.79 Å². The van der Waals surface area contributed by atoms with Gasteiger partial charge in [0.1, 0.15) is 0 Å². The lowest BCUT2D eigenvalue weighted by atomic mass is 9.97. The molecule has 3 heteroatoms. The van der Waals surface area contributed by atoms with E-state index in [2.05, 4.69) is 31.2 Å². The molecule has 0 aliphatic carbocycles. The highest BCUT2D eigenvalue weighted by Gasteiger charge is 2.29. The van der Waals surface area contributed by atoms with Crippen LogP contribution in [0.15, 0.2) is 60.7 Å². The molecule has 1 aliphatic rings. The first-order chi connectivity index (χ1) is 12.2. The van der Waals surface area contributed by atoms with Gasteiger partial charge < -0.3 is 9.64 Å². The fourth-order valence-corrected chi connectivity index (χ4v) is 3.50. The van der Waals surface area contributed by atoms with Gasteiger partial charge in [0.25, 0.3) is 0 Å². The molecule has 1 aliphatic heterocycles. The van der Waals surface area contributed by atoms with Gasteiger partial charge in [-0.15, -0.1) is 0 Å². The van der Waals surface area contributed by atoms with E-state index in [1.165, 1.54) is 11.1 Å². The number of rotatable bonds is 7. The van der Waals surface area contributed by atoms with Gasteiger partial charge in [-0.2, -0.15) is 0 Å². The van der Waals surface area contributed by atoms with Crippen LogP contribution in [0.3, 0.4) is 0 Å². The lowest BCUT2D eigenvalue weighted by molar-refractivity contribution is -0.133. The van der Waals surface area contributed by atoms with Crippen molar-refractivity contribution < 1.29 is 9.53 Å². The summed E-state index contributed by atoms with van der Waals surface area (Å²) < 4.78 is 5.88. The van der Waals surface area contributed by atoms with E-state index in [-0.39, 0.29) is 17.9 Å². The molecule has 2 aromatic carbocycles. The lowest BCUT2D eigenvalue weighted by Gasteiger charge is -2.26. The van der Waals surface area contributed by atoms with Crippen LogP contribution in [0.4, 0.5) is 0 Å². The number of ether oxygens (including phenoxy) is 1. The first-order valence-electron chi connectivity index (χ1n) is 9.20. The largest absolute Gasteiger partial charge is 0.375 e. The normalized spacial score (nSPS) is 18.3. The van der Waals surface area contributed by atoms with Gasteiger partial charge in [-0.3, -0.25) is 4.79 Å². The fourth-order valence-electron chi connectivity index (χ4n) is 3.50. The van der Waals surface area contributed by atoms with E-state index in [4.69, 9.17) is 4.74 Å². The molecule has 2 atom stereocenters. The smallest absolute Gasteiger partial charge is 0.223 e. The van der Waals surface area contributed by atoms with E-state index in [0.717, 1.165) is 19.4 Å². The van der Waals surface area contributed by atoms with Crippen LogP contribution in [0.5, 0.6) is 0 Å². The second-order valence-electron chi connectivity index (χ2n) is 6.90. The highest BCUT2D eigenvalue weighted by molar-refractivity contribution is 5.77. The summed E-state index contributed by atoms with van der Waals surface area (Å²) in [6.45, 7) is 4.23. The van der Waals surface area contributed by atoms with Crippen molar-refractivity contribution in [2.45, 2.75) is 44.8 Å². The number of carbonyl (C=O) groups is 1. The zero-order valence-electron chi connectivity index (χ0n) is 14.9. The first-order valence-corrected chi connectivity index (χ1v) is 9.20. The summed E-state index contributed by atoms with van der Waals surface area (Å²) in [7, 11) is 0. The number of amides is 1. The predicted molar refractivity (Wildman–Crippen MR) is 100 cm³/mol. The Morgan fingerprint density at radius 3 is 2.52 bits per heavy atom. The minimum atomic E-state index is 0.221. The Morgan fingerprint density at radius 1 is 1.12 bits per heavy atom. The molecule has 0 bridgehead atoms. The Labute approximate surface area is 150 Å². The molecule has 0 aromatic heterocycles. The number of nitrogens with zero attached hydrogens (tertiary/aromatic N) is 1. The predicted octanol–water partition coefficient (Wildman–Crippen LogP) is 4.39. The zero-order chi connectivity index (χ0) is 17.5. The maximum atomic E-state index is 12.7. The van der Waals surface area contributed by atoms with Crippen molar-refractivity contribution in [1.82, 2.24) is 4.90 Å². The Balaban J connectivity index is 1.49. The quantitative estimate of drug-likeness (QED) is 0.750. The van der Waals surface area contributed by atoms with Gasteiger partial charge in [0.15, 0.2) is 0 Å². The summed E-state index contributed by atoms with van der Waals surface area (Å²) in [4.78, 5) is 14.8. The van der Waals surface area contributed by atoms with Gasteiger partial charge in [-0.1, -0.05) is 67.6 Å². The minimum absolute atomic E-state index is 0.221. The summed E-state index contributed by atoms with van der Waals surface area (Å²) in [5.74, 6) is 0.502. The number of benzene rings is 2. The SMILES string of the molecule is C[C@H](CC(=O)N1CCC[C@H]1COCc1ccccc1)c1ccccc1. The van der Waals surface area contributed by atoms with Crippen molar-refractivity contribution in [2.75, 3.05) is 13.2 Å². The van der Waals surface area contributed by atoms with Crippen molar-refractivity contribution in [3.63, 3.8) is 0 Å². The Hall–Kier alpha value is -2.13. The lowest BCUT2D eigenvalue weighted by Crippen LogP contribution is -2.38. The maximum absolute atomic E-state index is 12.7. The van der Waals surface area contributed by atoms with E-state index in [0.29, 0.717) is 19.6 Å². The van der Waals surface area contributed by atoms with Crippen molar-refractivity contribution in [1.29, 1.82) is 0 Å². The molecule has 0 spiro atoms. The Kier molecular flexibility index (Phi) is 6.24. The number of hydrogen-bond acceptors (Lipinski definition) is 2. The molecule has 0 radical (unpaired) electrons. The van der Waals surface area contributed by atoms with Crippen LogP contribution in [0, 0.1) is 0 Å². The van der Waals surface area contributed by atoms with Crippen LogP contribution >= 0.6 is 0 Å². The summed E-state index contributed by atoms with van der Waals surface area (Å²) in [6.07, 6.45) is 2.68. The second kappa shape index (κ2) is 8.82. The monoisotopic (exact) mass is 337 g/mol. The van der Waals surface area contributed by atoms with Gasteiger partial charge in [0.05, 0.1) is 19.3 Å². The van der Waals surface area contributed by atoms with E-state index in [1.54, 1.807) is 0 Å². The van der Waals surface area contributed by atoms with Gasteiger partial charge in [-0.05, 0) is 29.9 Å². The summed E-state index contributed by atoms with van der Waals surface area (Å²) in [5, 5.41) is 0. The van der Waals surface area contributed by atoms with Gasteiger partial charge >= 0.3 is 0 Å². The van der Waals surface area contributed by atoms with Gasteiger partial charge in [0.2, 0.25) is 5.91 Å². The highest BCUT2D eigenvalue weighted by Crippen LogP contribution is 2.24. The van der Waals surface area contributed by atoms with Gasteiger partial charge in [0, 0.05) is 13.0 Å². The number of carbonyl (C=O) groups excluding carboxylic acids is 1.